The zero-order valence-electron chi connectivity index (χ0n) is 16.2. The van der Waals surface area contributed by atoms with Crippen molar-refractivity contribution < 1.29 is 9.59 Å². The maximum atomic E-state index is 13.1. The van der Waals surface area contributed by atoms with E-state index in [2.05, 4.69) is 30.5 Å². The average molecular weight is 365 g/mol. The van der Waals surface area contributed by atoms with Gasteiger partial charge in [0.2, 0.25) is 5.91 Å². The summed E-state index contributed by atoms with van der Waals surface area (Å²) in [5, 5.41) is 6.13. The molecule has 0 bridgehead atoms. The SMILES string of the molecule is CNC(=O)C1CCN(C(=O)c2ccccc2Nc2cccc(C)c2C)CC1. The molecule has 1 aliphatic heterocycles. The van der Waals surface area contributed by atoms with Crippen LogP contribution in [0, 0.1) is 19.8 Å². The molecule has 0 radical (unpaired) electrons. The van der Waals surface area contributed by atoms with Gasteiger partial charge in [0.25, 0.3) is 5.91 Å². The third-order valence-electron chi connectivity index (χ3n) is 5.43. The molecule has 0 aliphatic carbocycles. The molecule has 2 aromatic rings. The first-order valence-corrected chi connectivity index (χ1v) is 9.44. The van der Waals surface area contributed by atoms with Crippen molar-refractivity contribution in [2.24, 2.45) is 5.92 Å². The molecule has 2 N–H and O–H groups in total. The predicted octanol–water partition coefficient (Wildman–Crippen LogP) is 3.65. The highest BCUT2D eigenvalue weighted by atomic mass is 16.2. The lowest BCUT2D eigenvalue weighted by atomic mass is 9.95. The van der Waals surface area contributed by atoms with Gasteiger partial charge in [-0.15, -0.1) is 0 Å². The Hall–Kier alpha value is -2.82. The molecule has 0 saturated carbocycles. The van der Waals surface area contributed by atoms with Crippen molar-refractivity contribution in [1.29, 1.82) is 0 Å². The number of nitrogens with one attached hydrogen (secondary N) is 2. The predicted molar refractivity (Wildman–Crippen MR) is 108 cm³/mol. The second-order valence-electron chi connectivity index (χ2n) is 7.10. The summed E-state index contributed by atoms with van der Waals surface area (Å²) in [6.07, 6.45) is 1.41. The van der Waals surface area contributed by atoms with Crippen LogP contribution in [0.15, 0.2) is 42.5 Å². The normalized spacial score (nSPS) is 14.7. The van der Waals surface area contributed by atoms with E-state index in [0.717, 1.165) is 11.4 Å². The molecule has 27 heavy (non-hydrogen) atoms. The molecular formula is C22H27N3O2. The number of likely N-dealkylation sites (tertiary alicyclic amines) is 1. The van der Waals surface area contributed by atoms with Gasteiger partial charge in [0.15, 0.2) is 0 Å². The van der Waals surface area contributed by atoms with Crippen LogP contribution in [0.25, 0.3) is 0 Å². The Balaban J connectivity index is 1.77. The van der Waals surface area contributed by atoms with E-state index in [0.29, 0.717) is 31.5 Å². The zero-order chi connectivity index (χ0) is 19.4. The summed E-state index contributed by atoms with van der Waals surface area (Å²) in [4.78, 5) is 26.7. The van der Waals surface area contributed by atoms with E-state index in [1.165, 1.54) is 11.1 Å². The molecule has 1 fully saturated rings. The number of aryl methyl sites for hydroxylation is 1. The van der Waals surface area contributed by atoms with Gasteiger partial charge < -0.3 is 15.5 Å². The van der Waals surface area contributed by atoms with Crippen molar-refractivity contribution in [1.82, 2.24) is 10.2 Å². The summed E-state index contributed by atoms with van der Waals surface area (Å²) in [5.74, 6) is 0.0835. The number of nitrogens with zero attached hydrogens (tertiary/aromatic N) is 1. The number of rotatable bonds is 4. The molecule has 2 amide bonds. The summed E-state index contributed by atoms with van der Waals surface area (Å²) in [7, 11) is 1.66. The highest BCUT2D eigenvalue weighted by molar-refractivity contribution is 6.00. The molecule has 5 heteroatoms. The number of carbonyl (C=O) groups is 2. The Morgan fingerprint density at radius 3 is 2.33 bits per heavy atom. The first kappa shape index (κ1) is 19.0. The Morgan fingerprint density at radius 2 is 1.63 bits per heavy atom. The van der Waals surface area contributed by atoms with Crippen molar-refractivity contribution in [3.8, 4) is 0 Å². The quantitative estimate of drug-likeness (QED) is 0.869. The number of hydrogen-bond donors (Lipinski definition) is 2. The third kappa shape index (κ3) is 4.13. The van der Waals surface area contributed by atoms with Crippen LogP contribution in [-0.2, 0) is 4.79 Å². The molecule has 1 heterocycles. The summed E-state index contributed by atoms with van der Waals surface area (Å²) < 4.78 is 0. The van der Waals surface area contributed by atoms with Gasteiger partial charge >= 0.3 is 0 Å². The maximum Gasteiger partial charge on any atom is 0.255 e. The first-order valence-electron chi connectivity index (χ1n) is 9.44. The van der Waals surface area contributed by atoms with Gasteiger partial charge in [0.1, 0.15) is 0 Å². The van der Waals surface area contributed by atoms with E-state index in [1.54, 1.807) is 7.05 Å². The largest absolute Gasteiger partial charge is 0.359 e. The Kier molecular flexibility index (Phi) is 5.79. The minimum atomic E-state index is 0.00219. The van der Waals surface area contributed by atoms with Crippen LogP contribution in [0.4, 0.5) is 11.4 Å². The Labute approximate surface area is 160 Å². The molecule has 1 aliphatic rings. The molecule has 0 atom stereocenters. The fourth-order valence-electron chi connectivity index (χ4n) is 3.53. The molecule has 0 aromatic heterocycles. The van der Waals surface area contributed by atoms with Gasteiger partial charge in [-0.05, 0) is 56.0 Å². The van der Waals surface area contributed by atoms with Gasteiger partial charge in [0, 0.05) is 31.7 Å². The molecular weight excluding hydrogens is 338 g/mol. The number of carbonyl (C=O) groups excluding carboxylic acids is 2. The fraction of sp³-hybridized carbons (Fsp3) is 0.364. The molecule has 1 saturated heterocycles. The standard InChI is InChI=1S/C22H27N3O2/c1-15-7-6-10-19(16(15)2)24-20-9-5-4-8-18(20)22(27)25-13-11-17(12-14-25)21(26)23-3/h4-10,17,24H,11-14H2,1-3H3,(H,23,26). The van der Waals surface area contributed by atoms with Gasteiger partial charge in [-0.25, -0.2) is 0 Å². The van der Waals surface area contributed by atoms with E-state index in [4.69, 9.17) is 0 Å². The lowest BCUT2D eigenvalue weighted by Crippen LogP contribution is -2.42. The van der Waals surface area contributed by atoms with Gasteiger partial charge in [-0.2, -0.15) is 0 Å². The van der Waals surface area contributed by atoms with Crippen molar-refractivity contribution in [3.05, 3.63) is 59.2 Å². The van der Waals surface area contributed by atoms with Crippen LogP contribution in [0.2, 0.25) is 0 Å². The second-order valence-corrected chi connectivity index (χ2v) is 7.10. The Morgan fingerprint density at radius 1 is 0.963 bits per heavy atom. The molecule has 5 nitrogen and oxygen atoms in total. The lowest BCUT2D eigenvalue weighted by Gasteiger charge is -2.31. The van der Waals surface area contributed by atoms with Crippen LogP contribution < -0.4 is 10.6 Å². The van der Waals surface area contributed by atoms with Gasteiger partial charge in [-0.1, -0.05) is 24.3 Å². The van der Waals surface area contributed by atoms with E-state index in [1.807, 2.05) is 41.3 Å². The number of benzene rings is 2. The summed E-state index contributed by atoms with van der Waals surface area (Å²) in [6.45, 7) is 5.36. The number of anilines is 2. The van der Waals surface area contributed by atoms with Crippen molar-refractivity contribution in [3.63, 3.8) is 0 Å². The number of para-hydroxylation sites is 1. The number of hydrogen-bond acceptors (Lipinski definition) is 3. The topological polar surface area (TPSA) is 61.4 Å². The second kappa shape index (κ2) is 8.25. The minimum absolute atomic E-state index is 0.00219. The van der Waals surface area contributed by atoms with Crippen molar-refractivity contribution in [2.75, 3.05) is 25.5 Å². The Bertz CT molecular complexity index is 839. The molecule has 3 rings (SSSR count). The lowest BCUT2D eigenvalue weighted by molar-refractivity contribution is -0.125. The van der Waals surface area contributed by atoms with Gasteiger partial charge in [0.05, 0.1) is 11.3 Å². The zero-order valence-corrected chi connectivity index (χ0v) is 16.2. The van der Waals surface area contributed by atoms with Crippen LogP contribution >= 0.6 is 0 Å². The molecule has 142 valence electrons. The van der Waals surface area contributed by atoms with Crippen LogP contribution in [0.3, 0.4) is 0 Å². The van der Waals surface area contributed by atoms with Crippen molar-refractivity contribution in [2.45, 2.75) is 26.7 Å². The summed E-state index contributed by atoms with van der Waals surface area (Å²) in [5.41, 5.74) is 4.86. The number of amides is 2. The van der Waals surface area contributed by atoms with Crippen LogP contribution in [0.1, 0.15) is 34.3 Å². The van der Waals surface area contributed by atoms with Crippen LogP contribution in [0.5, 0.6) is 0 Å². The molecule has 0 spiro atoms. The van der Waals surface area contributed by atoms with Crippen LogP contribution in [-0.4, -0.2) is 36.9 Å². The number of piperidine rings is 1. The molecule has 2 aromatic carbocycles. The van der Waals surface area contributed by atoms with Crippen molar-refractivity contribution >= 4 is 23.2 Å². The minimum Gasteiger partial charge on any atom is -0.359 e. The maximum absolute atomic E-state index is 13.1. The highest BCUT2D eigenvalue weighted by Gasteiger charge is 2.28. The monoisotopic (exact) mass is 365 g/mol. The summed E-state index contributed by atoms with van der Waals surface area (Å²) >= 11 is 0. The third-order valence-corrected chi connectivity index (χ3v) is 5.43. The smallest absolute Gasteiger partial charge is 0.255 e. The van der Waals surface area contributed by atoms with E-state index < -0.39 is 0 Å². The summed E-state index contributed by atoms with van der Waals surface area (Å²) in [6, 6.07) is 13.7. The van der Waals surface area contributed by atoms with E-state index in [9.17, 15) is 9.59 Å². The average Bonchev–Trinajstić information content (AvgIpc) is 2.71. The van der Waals surface area contributed by atoms with E-state index in [-0.39, 0.29) is 17.7 Å². The molecule has 0 unspecified atom stereocenters. The fourth-order valence-corrected chi connectivity index (χ4v) is 3.53. The highest BCUT2D eigenvalue weighted by Crippen LogP contribution is 2.27. The van der Waals surface area contributed by atoms with Gasteiger partial charge in [-0.3, -0.25) is 9.59 Å². The first-order chi connectivity index (χ1) is 13.0. The van der Waals surface area contributed by atoms with E-state index >= 15 is 0 Å².